The van der Waals surface area contributed by atoms with Crippen LogP contribution in [0.1, 0.15) is 126 Å². The topological polar surface area (TPSA) is 51.6 Å². The number of aryl methyl sites for hydroxylation is 2. The van der Waals surface area contributed by atoms with Crippen molar-refractivity contribution in [1.82, 2.24) is 19.9 Å². The Kier molecular flexibility index (Phi) is 15.9. The smallest absolute Gasteiger partial charge is 0.160 e. The molecule has 3 aromatic heterocycles. The summed E-state index contributed by atoms with van der Waals surface area (Å²) in [5.74, 6) is 0.697. The average Bonchev–Trinajstić information content (AvgIpc) is 3.91. The molecule has 0 spiro atoms. The third-order valence-electron chi connectivity index (χ3n) is 17.2. The first kappa shape index (κ1) is 53.3. The SMILES string of the molecule is CCCCCCCCC1(CCCCCCCC)c2cc(C)ccc2-c2ccc(-c3cc(-c4cccc(-c5cc(-c6ccc(-c7ccc(C)cc7)cc6)nc(-c6ccccc6)n5)c4)cc(-c4ccc5ccc6cccnc6c5n4)c3)cc21. The van der Waals surface area contributed by atoms with E-state index in [1.54, 1.807) is 5.56 Å². The van der Waals surface area contributed by atoms with E-state index < -0.39 is 0 Å². The molecule has 0 saturated heterocycles. The molecule has 81 heavy (non-hydrogen) atoms. The van der Waals surface area contributed by atoms with Gasteiger partial charge in [-0.2, -0.15) is 0 Å². The van der Waals surface area contributed by atoms with Gasteiger partial charge in [0, 0.05) is 44.6 Å². The summed E-state index contributed by atoms with van der Waals surface area (Å²) in [5, 5.41) is 2.17. The Balaban J connectivity index is 0.985. The molecule has 0 saturated carbocycles. The highest BCUT2D eigenvalue weighted by Crippen LogP contribution is 2.55. The second-order valence-corrected chi connectivity index (χ2v) is 23.0. The number of fused-ring (bicyclic) bond motifs is 6. The van der Waals surface area contributed by atoms with E-state index in [0.29, 0.717) is 5.82 Å². The fourth-order valence-corrected chi connectivity index (χ4v) is 12.8. The number of aromatic nitrogens is 4. The Morgan fingerprint density at radius 2 is 0.840 bits per heavy atom. The van der Waals surface area contributed by atoms with E-state index in [9.17, 15) is 0 Å². The summed E-state index contributed by atoms with van der Waals surface area (Å²) in [5.41, 5.74) is 24.1. The Morgan fingerprint density at radius 3 is 1.54 bits per heavy atom. The maximum Gasteiger partial charge on any atom is 0.160 e. The van der Waals surface area contributed by atoms with Crippen molar-refractivity contribution in [1.29, 1.82) is 0 Å². The summed E-state index contributed by atoms with van der Waals surface area (Å²) in [6.07, 6.45) is 19.8. The molecule has 1 aliphatic rings. The van der Waals surface area contributed by atoms with Crippen LogP contribution in [0.15, 0.2) is 206 Å². The van der Waals surface area contributed by atoms with Gasteiger partial charge in [-0.25, -0.2) is 15.0 Å². The largest absolute Gasteiger partial charge is 0.254 e. The first-order valence-electron chi connectivity index (χ1n) is 30.1. The van der Waals surface area contributed by atoms with Crippen molar-refractivity contribution >= 4 is 21.8 Å². The highest BCUT2D eigenvalue weighted by atomic mass is 14.9. The zero-order chi connectivity index (χ0) is 55.1. The van der Waals surface area contributed by atoms with Crippen LogP contribution in [0, 0.1) is 13.8 Å². The molecule has 3 heterocycles. The van der Waals surface area contributed by atoms with Crippen LogP contribution >= 0.6 is 0 Å². The van der Waals surface area contributed by atoms with Gasteiger partial charge in [0.1, 0.15) is 0 Å². The Labute approximate surface area is 480 Å². The molecule has 4 heteroatoms. The first-order chi connectivity index (χ1) is 39.8. The molecule has 0 amide bonds. The van der Waals surface area contributed by atoms with Crippen LogP contribution in [0.2, 0.25) is 0 Å². The van der Waals surface area contributed by atoms with Gasteiger partial charge in [-0.3, -0.25) is 4.98 Å². The number of hydrogen-bond donors (Lipinski definition) is 0. The molecular formula is C77H74N4. The fraction of sp³-hybridized carbons (Fsp3) is 0.247. The molecule has 402 valence electrons. The van der Waals surface area contributed by atoms with Gasteiger partial charge in [0.25, 0.3) is 0 Å². The number of rotatable bonds is 21. The predicted molar refractivity (Wildman–Crippen MR) is 342 cm³/mol. The van der Waals surface area contributed by atoms with E-state index in [4.69, 9.17) is 19.9 Å². The van der Waals surface area contributed by atoms with E-state index in [-0.39, 0.29) is 5.41 Å². The maximum atomic E-state index is 5.47. The molecular weight excluding hydrogens is 981 g/mol. The van der Waals surface area contributed by atoms with Crippen LogP contribution in [0.4, 0.5) is 0 Å². The molecule has 8 aromatic carbocycles. The molecule has 12 rings (SSSR count). The van der Waals surface area contributed by atoms with Gasteiger partial charge in [0.05, 0.1) is 28.1 Å². The van der Waals surface area contributed by atoms with Gasteiger partial charge < -0.3 is 0 Å². The third kappa shape index (κ3) is 11.4. The minimum atomic E-state index is -0.0386. The molecule has 0 bridgehead atoms. The first-order valence-corrected chi connectivity index (χ1v) is 30.1. The lowest BCUT2D eigenvalue weighted by Gasteiger charge is -2.33. The van der Waals surface area contributed by atoms with Crippen molar-refractivity contribution in [2.24, 2.45) is 0 Å². The summed E-state index contributed by atoms with van der Waals surface area (Å²) in [6, 6.07) is 73.6. The van der Waals surface area contributed by atoms with Gasteiger partial charge in [0.2, 0.25) is 0 Å². The number of pyridine rings is 2. The Bertz CT molecular complexity index is 3970. The van der Waals surface area contributed by atoms with E-state index in [2.05, 4.69) is 216 Å². The highest BCUT2D eigenvalue weighted by molar-refractivity contribution is 6.03. The summed E-state index contributed by atoms with van der Waals surface area (Å²) in [7, 11) is 0. The zero-order valence-electron chi connectivity index (χ0n) is 47.8. The van der Waals surface area contributed by atoms with Crippen molar-refractivity contribution in [2.75, 3.05) is 0 Å². The van der Waals surface area contributed by atoms with Crippen LogP contribution in [0.5, 0.6) is 0 Å². The number of benzene rings is 8. The number of hydrogen-bond acceptors (Lipinski definition) is 4. The quantitative estimate of drug-likeness (QED) is 0.0531. The van der Waals surface area contributed by atoms with Crippen LogP contribution in [0.3, 0.4) is 0 Å². The lowest BCUT2D eigenvalue weighted by molar-refractivity contribution is 0.398. The molecule has 0 N–H and O–H groups in total. The van der Waals surface area contributed by atoms with Crippen molar-refractivity contribution in [3.05, 3.63) is 229 Å². The molecule has 0 aliphatic heterocycles. The molecule has 4 nitrogen and oxygen atoms in total. The summed E-state index contributed by atoms with van der Waals surface area (Å²) >= 11 is 0. The van der Waals surface area contributed by atoms with Crippen molar-refractivity contribution < 1.29 is 0 Å². The van der Waals surface area contributed by atoms with Crippen molar-refractivity contribution in [3.63, 3.8) is 0 Å². The standard InChI is InChI=1S/C77H74N4/c1-5-7-9-11-13-18-43-77(44-19-14-12-10-8-6-2)69-46-54(4)29-40-67(69)68-41-38-62(51-70(68)77)65-48-64(49-66(50-65)71-42-39-59-37-36-58-26-21-45-78-74(58)75(59)79-71)61-24-20-25-63(47-61)73-52-72(80-76(81-73)60-22-16-15-17-23-60)57-34-32-56(33-35-57)55-30-27-53(3)28-31-55/h15-17,20-42,45-52H,5-14,18-19,43-44H2,1-4H3. The Morgan fingerprint density at radius 1 is 0.321 bits per heavy atom. The minimum Gasteiger partial charge on any atom is -0.254 e. The minimum absolute atomic E-state index is 0.0386. The van der Waals surface area contributed by atoms with E-state index >= 15 is 0 Å². The van der Waals surface area contributed by atoms with Crippen LogP contribution < -0.4 is 0 Å². The van der Waals surface area contributed by atoms with Crippen molar-refractivity contribution in [3.8, 4) is 89.7 Å². The summed E-state index contributed by atoms with van der Waals surface area (Å²) in [6.45, 7) is 9.05. The second-order valence-electron chi connectivity index (χ2n) is 23.0. The van der Waals surface area contributed by atoms with Gasteiger partial charge in [-0.05, 0) is 131 Å². The maximum absolute atomic E-state index is 5.47. The van der Waals surface area contributed by atoms with E-state index in [1.807, 2.05) is 18.3 Å². The lowest BCUT2D eigenvalue weighted by atomic mass is 9.70. The molecule has 11 aromatic rings. The molecule has 0 radical (unpaired) electrons. The molecule has 1 aliphatic carbocycles. The van der Waals surface area contributed by atoms with E-state index in [1.165, 1.54) is 140 Å². The van der Waals surface area contributed by atoms with Crippen LogP contribution in [0.25, 0.3) is 111 Å². The highest BCUT2D eigenvalue weighted by Gasteiger charge is 2.42. The molecule has 0 fully saturated rings. The van der Waals surface area contributed by atoms with Gasteiger partial charge in [0.15, 0.2) is 5.82 Å². The van der Waals surface area contributed by atoms with Gasteiger partial charge >= 0.3 is 0 Å². The predicted octanol–water partition coefficient (Wildman–Crippen LogP) is 21.6. The summed E-state index contributed by atoms with van der Waals surface area (Å²) < 4.78 is 0. The second kappa shape index (κ2) is 24.2. The Hall–Kier alpha value is -8.34. The third-order valence-corrected chi connectivity index (χ3v) is 17.2. The van der Waals surface area contributed by atoms with E-state index in [0.717, 1.165) is 72.3 Å². The van der Waals surface area contributed by atoms with Gasteiger partial charge in [-0.15, -0.1) is 0 Å². The normalized spacial score (nSPS) is 12.5. The average molecular weight is 1060 g/mol. The van der Waals surface area contributed by atoms with Crippen molar-refractivity contribution in [2.45, 2.75) is 123 Å². The lowest BCUT2D eigenvalue weighted by Crippen LogP contribution is -2.25. The molecule has 0 atom stereocenters. The fourth-order valence-electron chi connectivity index (χ4n) is 12.8. The molecule has 0 unspecified atom stereocenters. The van der Waals surface area contributed by atoms with Crippen LogP contribution in [-0.2, 0) is 5.41 Å². The monoisotopic (exact) mass is 1050 g/mol. The van der Waals surface area contributed by atoms with Gasteiger partial charge in [-0.1, -0.05) is 254 Å². The number of nitrogens with zero attached hydrogens (tertiary/aromatic N) is 4. The summed E-state index contributed by atoms with van der Waals surface area (Å²) in [4.78, 5) is 20.9. The number of unbranched alkanes of at least 4 members (excludes halogenated alkanes) is 10. The van der Waals surface area contributed by atoms with Crippen LogP contribution in [-0.4, -0.2) is 19.9 Å². The zero-order valence-corrected chi connectivity index (χ0v) is 47.8.